The standard InChI is InChI=1S/C9H16BrNO2/c1-7(2)9(12)11-3-4-13-8(5-10)6-11/h7-8H,3-6H2,1-2H3. The fourth-order valence-electron chi connectivity index (χ4n) is 1.38. The van der Waals surface area contributed by atoms with E-state index in [1.165, 1.54) is 0 Å². The molecule has 1 unspecified atom stereocenters. The number of nitrogens with zero attached hydrogens (tertiary/aromatic N) is 1. The van der Waals surface area contributed by atoms with Gasteiger partial charge in [-0.25, -0.2) is 0 Å². The van der Waals surface area contributed by atoms with Gasteiger partial charge in [-0.05, 0) is 0 Å². The van der Waals surface area contributed by atoms with E-state index in [2.05, 4.69) is 15.9 Å². The first-order chi connectivity index (χ1) is 6.15. The first-order valence-corrected chi connectivity index (χ1v) is 5.73. The van der Waals surface area contributed by atoms with Crippen molar-refractivity contribution in [3.05, 3.63) is 0 Å². The third-order valence-corrected chi connectivity index (χ3v) is 2.84. The molecule has 76 valence electrons. The molecule has 0 aromatic carbocycles. The molecule has 0 aromatic heterocycles. The summed E-state index contributed by atoms with van der Waals surface area (Å²) in [5.41, 5.74) is 0. The highest BCUT2D eigenvalue weighted by atomic mass is 79.9. The quantitative estimate of drug-likeness (QED) is 0.690. The van der Waals surface area contributed by atoms with E-state index < -0.39 is 0 Å². The number of ether oxygens (including phenoxy) is 1. The SMILES string of the molecule is CC(C)C(=O)N1CCOC(CBr)C1. The molecule has 0 N–H and O–H groups in total. The Hall–Kier alpha value is -0.0900. The third kappa shape index (κ3) is 2.95. The van der Waals surface area contributed by atoms with Crippen LogP contribution in [0.3, 0.4) is 0 Å². The summed E-state index contributed by atoms with van der Waals surface area (Å²) < 4.78 is 5.45. The van der Waals surface area contributed by atoms with Gasteiger partial charge in [0.05, 0.1) is 12.7 Å². The number of hydrogen-bond acceptors (Lipinski definition) is 2. The molecule has 1 heterocycles. The summed E-state index contributed by atoms with van der Waals surface area (Å²) in [6.07, 6.45) is 0.163. The van der Waals surface area contributed by atoms with Crippen LogP contribution in [0.5, 0.6) is 0 Å². The van der Waals surface area contributed by atoms with Crippen molar-refractivity contribution in [2.45, 2.75) is 20.0 Å². The van der Waals surface area contributed by atoms with E-state index in [0.717, 1.165) is 18.4 Å². The molecule has 3 nitrogen and oxygen atoms in total. The molecular weight excluding hydrogens is 234 g/mol. The number of carbonyl (C=O) groups is 1. The lowest BCUT2D eigenvalue weighted by Crippen LogP contribution is -2.47. The minimum absolute atomic E-state index is 0.0917. The minimum Gasteiger partial charge on any atom is -0.374 e. The second kappa shape index (κ2) is 4.96. The second-order valence-electron chi connectivity index (χ2n) is 3.59. The van der Waals surface area contributed by atoms with Crippen LogP contribution in [0, 0.1) is 5.92 Å². The number of amides is 1. The number of morpholine rings is 1. The highest BCUT2D eigenvalue weighted by molar-refractivity contribution is 9.09. The first kappa shape index (κ1) is 11.0. The third-order valence-electron chi connectivity index (χ3n) is 2.12. The lowest BCUT2D eigenvalue weighted by molar-refractivity contribution is -0.141. The molecule has 1 fully saturated rings. The van der Waals surface area contributed by atoms with Crippen molar-refractivity contribution >= 4 is 21.8 Å². The summed E-state index contributed by atoms with van der Waals surface area (Å²) in [6.45, 7) is 5.99. The maximum atomic E-state index is 11.6. The molecule has 0 bridgehead atoms. The van der Waals surface area contributed by atoms with Gasteiger partial charge in [0, 0.05) is 24.3 Å². The molecule has 1 aliphatic rings. The van der Waals surface area contributed by atoms with Crippen molar-refractivity contribution in [3.63, 3.8) is 0 Å². The van der Waals surface area contributed by atoms with Gasteiger partial charge in [-0.15, -0.1) is 0 Å². The van der Waals surface area contributed by atoms with Crippen LogP contribution in [0.4, 0.5) is 0 Å². The van der Waals surface area contributed by atoms with Crippen molar-refractivity contribution in [3.8, 4) is 0 Å². The van der Waals surface area contributed by atoms with Crippen LogP contribution >= 0.6 is 15.9 Å². The molecule has 1 amide bonds. The average Bonchev–Trinajstić information content (AvgIpc) is 2.16. The summed E-state index contributed by atoms with van der Waals surface area (Å²) in [4.78, 5) is 13.5. The Balaban J connectivity index is 2.46. The molecule has 0 aliphatic carbocycles. The molecule has 0 saturated carbocycles. The normalized spacial score (nSPS) is 23.7. The van der Waals surface area contributed by atoms with Crippen LogP contribution in [0.25, 0.3) is 0 Å². The van der Waals surface area contributed by atoms with Gasteiger partial charge >= 0.3 is 0 Å². The number of hydrogen-bond donors (Lipinski definition) is 0. The van der Waals surface area contributed by atoms with Gasteiger partial charge in [-0.1, -0.05) is 29.8 Å². The van der Waals surface area contributed by atoms with E-state index >= 15 is 0 Å². The van der Waals surface area contributed by atoms with Crippen LogP contribution in [0.2, 0.25) is 0 Å². The lowest BCUT2D eigenvalue weighted by Gasteiger charge is -2.33. The van der Waals surface area contributed by atoms with Crippen molar-refractivity contribution in [2.24, 2.45) is 5.92 Å². The summed E-state index contributed by atoms with van der Waals surface area (Å²) >= 11 is 3.36. The number of halogens is 1. The Morgan fingerprint density at radius 1 is 1.69 bits per heavy atom. The van der Waals surface area contributed by atoms with E-state index in [-0.39, 0.29) is 17.9 Å². The Morgan fingerprint density at radius 3 is 2.92 bits per heavy atom. The van der Waals surface area contributed by atoms with Crippen molar-refractivity contribution in [1.29, 1.82) is 0 Å². The summed E-state index contributed by atoms with van der Waals surface area (Å²) in [6, 6.07) is 0. The zero-order valence-corrected chi connectivity index (χ0v) is 9.71. The van der Waals surface area contributed by atoms with Gasteiger partial charge < -0.3 is 9.64 Å². The predicted octanol–water partition coefficient (Wildman–Crippen LogP) is 1.26. The van der Waals surface area contributed by atoms with Crippen molar-refractivity contribution < 1.29 is 9.53 Å². The number of rotatable bonds is 2. The van der Waals surface area contributed by atoms with E-state index in [1.54, 1.807) is 0 Å². The van der Waals surface area contributed by atoms with Gasteiger partial charge in [-0.3, -0.25) is 4.79 Å². The molecule has 1 aliphatic heterocycles. The van der Waals surface area contributed by atoms with Crippen LogP contribution in [0.15, 0.2) is 0 Å². The van der Waals surface area contributed by atoms with Crippen LogP contribution in [-0.4, -0.2) is 41.9 Å². The molecule has 13 heavy (non-hydrogen) atoms. The van der Waals surface area contributed by atoms with E-state index in [1.807, 2.05) is 18.7 Å². The number of carbonyl (C=O) groups excluding carboxylic acids is 1. The molecule has 0 spiro atoms. The monoisotopic (exact) mass is 249 g/mol. The van der Waals surface area contributed by atoms with Gasteiger partial charge in [-0.2, -0.15) is 0 Å². The highest BCUT2D eigenvalue weighted by Crippen LogP contribution is 2.10. The molecule has 0 radical (unpaired) electrons. The topological polar surface area (TPSA) is 29.5 Å². The Kier molecular flexibility index (Phi) is 4.19. The summed E-state index contributed by atoms with van der Waals surface area (Å²) in [7, 11) is 0. The highest BCUT2D eigenvalue weighted by Gasteiger charge is 2.24. The first-order valence-electron chi connectivity index (χ1n) is 4.61. The van der Waals surface area contributed by atoms with Crippen molar-refractivity contribution in [2.75, 3.05) is 25.0 Å². The maximum absolute atomic E-state index is 11.6. The zero-order valence-electron chi connectivity index (χ0n) is 8.12. The predicted molar refractivity (Wildman–Crippen MR) is 55.0 cm³/mol. The minimum atomic E-state index is 0.0917. The van der Waals surface area contributed by atoms with Gasteiger partial charge in [0.25, 0.3) is 0 Å². The molecule has 1 atom stereocenters. The van der Waals surface area contributed by atoms with Crippen LogP contribution in [0.1, 0.15) is 13.8 Å². The second-order valence-corrected chi connectivity index (χ2v) is 4.23. The molecule has 0 aromatic rings. The van der Waals surface area contributed by atoms with Gasteiger partial charge in [0.1, 0.15) is 0 Å². The molecule has 1 saturated heterocycles. The Bertz CT molecular complexity index is 184. The fraction of sp³-hybridized carbons (Fsp3) is 0.889. The van der Waals surface area contributed by atoms with E-state index in [4.69, 9.17) is 4.74 Å². The smallest absolute Gasteiger partial charge is 0.225 e. The summed E-state index contributed by atoms with van der Waals surface area (Å²) in [5.74, 6) is 0.323. The lowest BCUT2D eigenvalue weighted by atomic mass is 10.1. The molecular formula is C9H16BrNO2. The van der Waals surface area contributed by atoms with Crippen LogP contribution < -0.4 is 0 Å². The largest absolute Gasteiger partial charge is 0.374 e. The zero-order chi connectivity index (χ0) is 9.84. The van der Waals surface area contributed by atoms with E-state index in [0.29, 0.717) is 6.61 Å². The van der Waals surface area contributed by atoms with E-state index in [9.17, 15) is 4.79 Å². The van der Waals surface area contributed by atoms with Gasteiger partial charge in [0.2, 0.25) is 5.91 Å². The van der Waals surface area contributed by atoms with Crippen LogP contribution in [-0.2, 0) is 9.53 Å². The summed E-state index contributed by atoms with van der Waals surface area (Å²) in [5, 5.41) is 0.800. The molecule has 1 rings (SSSR count). The Labute approximate surface area is 87.6 Å². The maximum Gasteiger partial charge on any atom is 0.225 e. The molecule has 4 heteroatoms. The average molecular weight is 250 g/mol. The number of alkyl halides is 1. The van der Waals surface area contributed by atoms with Crippen molar-refractivity contribution in [1.82, 2.24) is 4.90 Å². The van der Waals surface area contributed by atoms with Gasteiger partial charge in [0.15, 0.2) is 0 Å². The fourth-order valence-corrected chi connectivity index (χ4v) is 1.77. The Morgan fingerprint density at radius 2 is 2.38 bits per heavy atom.